The quantitative estimate of drug-likeness (QED) is 0.805. The van der Waals surface area contributed by atoms with Gasteiger partial charge < -0.3 is 10.6 Å². The molecule has 16 heavy (non-hydrogen) atoms. The number of hydrogen-bond donors (Lipinski definition) is 1. The van der Waals surface area contributed by atoms with Crippen LogP contribution >= 0.6 is 0 Å². The molecule has 0 saturated carbocycles. The second-order valence-corrected chi connectivity index (χ2v) is 3.50. The highest BCUT2D eigenvalue weighted by atomic mass is 19.4. The van der Waals surface area contributed by atoms with Crippen LogP contribution in [0, 0.1) is 0 Å². The zero-order chi connectivity index (χ0) is 11.8. The van der Waals surface area contributed by atoms with Crippen LogP contribution in [0.25, 0.3) is 0 Å². The van der Waals surface area contributed by atoms with Gasteiger partial charge in [0, 0.05) is 0 Å². The SMILES string of the molecule is NC1=NOC(c2cccc(C(F)(F)F)c2)C1. The number of amidine groups is 1. The highest BCUT2D eigenvalue weighted by molar-refractivity contribution is 5.81. The third kappa shape index (κ3) is 2.10. The van der Waals surface area contributed by atoms with Gasteiger partial charge in [0.25, 0.3) is 0 Å². The molecule has 1 heterocycles. The van der Waals surface area contributed by atoms with Crippen molar-refractivity contribution in [2.45, 2.75) is 18.7 Å². The van der Waals surface area contributed by atoms with E-state index in [0.29, 0.717) is 17.8 Å². The number of alkyl halides is 3. The summed E-state index contributed by atoms with van der Waals surface area (Å²) in [7, 11) is 0. The lowest BCUT2D eigenvalue weighted by molar-refractivity contribution is -0.137. The summed E-state index contributed by atoms with van der Waals surface area (Å²) in [5, 5.41) is 3.50. The Kier molecular flexibility index (Phi) is 2.49. The fourth-order valence-corrected chi connectivity index (χ4v) is 1.49. The molecule has 3 nitrogen and oxygen atoms in total. The maximum atomic E-state index is 12.4. The molecule has 0 bridgehead atoms. The number of rotatable bonds is 1. The van der Waals surface area contributed by atoms with Crippen molar-refractivity contribution in [3.8, 4) is 0 Å². The van der Waals surface area contributed by atoms with Crippen molar-refractivity contribution >= 4 is 5.84 Å². The largest absolute Gasteiger partial charge is 0.416 e. The average molecular weight is 230 g/mol. The first-order chi connectivity index (χ1) is 7.47. The van der Waals surface area contributed by atoms with Gasteiger partial charge in [-0.1, -0.05) is 17.3 Å². The van der Waals surface area contributed by atoms with E-state index in [0.717, 1.165) is 12.1 Å². The van der Waals surface area contributed by atoms with Gasteiger partial charge in [0.05, 0.1) is 12.0 Å². The smallest absolute Gasteiger partial charge is 0.386 e. The highest BCUT2D eigenvalue weighted by Crippen LogP contribution is 2.33. The summed E-state index contributed by atoms with van der Waals surface area (Å²) >= 11 is 0. The Hall–Kier alpha value is -1.72. The molecule has 1 aliphatic rings. The van der Waals surface area contributed by atoms with Gasteiger partial charge in [-0.05, 0) is 17.7 Å². The summed E-state index contributed by atoms with van der Waals surface area (Å²) in [4.78, 5) is 4.91. The number of oxime groups is 1. The molecule has 1 aromatic rings. The molecule has 0 aromatic heterocycles. The Morgan fingerprint density at radius 1 is 1.38 bits per heavy atom. The first kappa shape index (κ1) is 10.8. The molecule has 0 saturated heterocycles. The predicted octanol–water partition coefficient (Wildman–Crippen LogP) is 2.44. The topological polar surface area (TPSA) is 47.6 Å². The fourth-order valence-electron chi connectivity index (χ4n) is 1.49. The summed E-state index contributed by atoms with van der Waals surface area (Å²) in [6.45, 7) is 0. The maximum absolute atomic E-state index is 12.4. The van der Waals surface area contributed by atoms with Gasteiger partial charge in [0.2, 0.25) is 0 Å². The van der Waals surface area contributed by atoms with Gasteiger partial charge in [-0.15, -0.1) is 0 Å². The minimum atomic E-state index is -4.35. The van der Waals surface area contributed by atoms with Crippen LogP contribution in [0.5, 0.6) is 0 Å². The van der Waals surface area contributed by atoms with Gasteiger partial charge in [-0.25, -0.2) is 0 Å². The number of nitrogens with zero attached hydrogens (tertiary/aromatic N) is 1. The molecule has 2 N–H and O–H groups in total. The van der Waals surface area contributed by atoms with Crippen molar-refractivity contribution in [1.29, 1.82) is 0 Å². The number of benzene rings is 1. The second-order valence-electron chi connectivity index (χ2n) is 3.50. The van der Waals surface area contributed by atoms with E-state index in [2.05, 4.69) is 5.16 Å². The molecule has 86 valence electrons. The molecule has 6 heteroatoms. The molecular weight excluding hydrogens is 221 g/mol. The average Bonchev–Trinajstić information content (AvgIpc) is 2.64. The van der Waals surface area contributed by atoms with Crippen molar-refractivity contribution < 1.29 is 18.0 Å². The van der Waals surface area contributed by atoms with Crippen LogP contribution in [0.15, 0.2) is 29.4 Å². The first-order valence-electron chi connectivity index (χ1n) is 4.62. The molecule has 1 unspecified atom stereocenters. The monoisotopic (exact) mass is 230 g/mol. The van der Waals surface area contributed by atoms with Crippen LogP contribution in [0.2, 0.25) is 0 Å². The molecule has 0 spiro atoms. The van der Waals surface area contributed by atoms with Crippen LogP contribution < -0.4 is 5.73 Å². The third-order valence-corrected chi connectivity index (χ3v) is 2.28. The summed E-state index contributed by atoms with van der Waals surface area (Å²) in [6.07, 6.45) is -4.54. The number of hydrogen-bond acceptors (Lipinski definition) is 3. The first-order valence-corrected chi connectivity index (χ1v) is 4.62. The van der Waals surface area contributed by atoms with Crippen LogP contribution in [-0.4, -0.2) is 5.84 Å². The Balaban J connectivity index is 2.24. The van der Waals surface area contributed by atoms with Crippen LogP contribution in [-0.2, 0) is 11.0 Å². The normalized spacial score (nSPS) is 20.4. The van der Waals surface area contributed by atoms with Gasteiger partial charge in [-0.3, -0.25) is 0 Å². The molecule has 0 radical (unpaired) electrons. The van der Waals surface area contributed by atoms with Gasteiger partial charge in [0.1, 0.15) is 5.84 Å². The molecular formula is C10H9F3N2O. The summed E-state index contributed by atoms with van der Waals surface area (Å²) in [5.74, 6) is 0.294. The Morgan fingerprint density at radius 3 is 2.69 bits per heavy atom. The van der Waals surface area contributed by atoms with E-state index in [-0.39, 0.29) is 0 Å². The standard InChI is InChI=1S/C10H9F3N2O/c11-10(12,13)7-3-1-2-6(4-7)8-5-9(14)15-16-8/h1-4,8H,5H2,(H2,14,15). The molecule has 1 aliphatic heterocycles. The predicted molar refractivity (Wildman–Crippen MR) is 51.5 cm³/mol. The van der Waals surface area contributed by atoms with E-state index >= 15 is 0 Å². The Morgan fingerprint density at radius 2 is 2.12 bits per heavy atom. The van der Waals surface area contributed by atoms with E-state index in [1.807, 2.05) is 0 Å². The van der Waals surface area contributed by atoms with Crippen molar-refractivity contribution in [2.24, 2.45) is 10.9 Å². The summed E-state index contributed by atoms with van der Waals surface area (Å²) < 4.78 is 37.3. The lowest BCUT2D eigenvalue weighted by atomic mass is 10.0. The van der Waals surface area contributed by atoms with E-state index < -0.39 is 17.8 Å². The van der Waals surface area contributed by atoms with Crippen molar-refractivity contribution in [3.63, 3.8) is 0 Å². The van der Waals surface area contributed by atoms with E-state index in [9.17, 15) is 13.2 Å². The van der Waals surface area contributed by atoms with E-state index in [1.165, 1.54) is 6.07 Å². The van der Waals surface area contributed by atoms with E-state index in [1.54, 1.807) is 6.07 Å². The van der Waals surface area contributed by atoms with Crippen molar-refractivity contribution in [3.05, 3.63) is 35.4 Å². The van der Waals surface area contributed by atoms with Crippen LogP contribution in [0.4, 0.5) is 13.2 Å². The summed E-state index contributed by atoms with van der Waals surface area (Å²) in [5.41, 5.74) is 5.12. The number of nitrogens with two attached hydrogens (primary N) is 1. The van der Waals surface area contributed by atoms with Gasteiger partial charge in [-0.2, -0.15) is 13.2 Å². The van der Waals surface area contributed by atoms with Crippen LogP contribution in [0.1, 0.15) is 23.7 Å². The fraction of sp³-hybridized carbons (Fsp3) is 0.300. The molecule has 0 aliphatic carbocycles. The van der Waals surface area contributed by atoms with Gasteiger partial charge >= 0.3 is 6.18 Å². The molecule has 1 aromatic carbocycles. The van der Waals surface area contributed by atoms with Gasteiger partial charge in [0.15, 0.2) is 6.10 Å². The highest BCUT2D eigenvalue weighted by Gasteiger charge is 2.31. The zero-order valence-corrected chi connectivity index (χ0v) is 8.16. The third-order valence-electron chi connectivity index (χ3n) is 2.28. The lowest BCUT2D eigenvalue weighted by Crippen LogP contribution is -2.10. The summed E-state index contributed by atoms with van der Waals surface area (Å²) in [6, 6.07) is 4.98. The van der Waals surface area contributed by atoms with Crippen molar-refractivity contribution in [2.75, 3.05) is 0 Å². The Bertz CT molecular complexity index is 428. The molecule has 2 rings (SSSR count). The minimum absolute atomic E-state index is 0.294. The van der Waals surface area contributed by atoms with E-state index in [4.69, 9.17) is 10.6 Å². The molecule has 0 amide bonds. The zero-order valence-electron chi connectivity index (χ0n) is 8.16. The maximum Gasteiger partial charge on any atom is 0.416 e. The molecule has 0 fully saturated rings. The minimum Gasteiger partial charge on any atom is -0.386 e. The van der Waals surface area contributed by atoms with Crippen molar-refractivity contribution in [1.82, 2.24) is 0 Å². The molecule has 1 atom stereocenters. The van der Waals surface area contributed by atoms with Crippen LogP contribution in [0.3, 0.4) is 0 Å². The number of halogens is 3. The second kappa shape index (κ2) is 3.70. The Labute approximate surface area is 89.7 Å². The lowest BCUT2D eigenvalue weighted by Gasteiger charge is -2.11.